The molecule has 0 aliphatic heterocycles. The third kappa shape index (κ3) is 10.7. The number of nitrogens with zero attached hydrogens (tertiary/aromatic N) is 1. The third-order valence-electron chi connectivity index (χ3n) is 7.92. The minimum absolute atomic E-state index is 0. The first-order valence-corrected chi connectivity index (χ1v) is 19.2. The smallest absolute Gasteiger partial charge is 0.358 e. The molecule has 0 aliphatic rings. The zero-order valence-corrected chi connectivity index (χ0v) is 31.1. The van der Waals surface area contributed by atoms with Crippen molar-refractivity contribution in [2.45, 2.75) is 0 Å². The molecule has 0 atom stereocenters. The van der Waals surface area contributed by atoms with Gasteiger partial charge in [-0.15, -0.1) is 0 Å². The van der Waals surface area contributed by atoms with Crippen LogP contribution in [0.4, 0.5) is 0 Å². The van der Waals surface area contributed by atoms with E-state index in [4.69, 9.17) is 0 Å². The summed E-state index contributed by atoms with van der Waals surface area (Å²) in [7, 11) is -1.75. The summed E-state index contributed by atoms with van der Waals surface area (Å²) in [5, 5.41) is 11.1. The Hall–Kier alpha value is -4.67. The Labute approximate surface area is 311 Å². The van der Waals surface area contributed by atoms with Gasteiger partial charge < -0.3 is 7.43 Å². The number of fused-ring (bicyclic) bond motifs is 1. The Morgan fingerprint density at radius 1 is 0.280 bits per heavy atom. The third-order valence-corrected chi connectivity index (χ3v) is 13.4. The van der Waals surface area contributed by atoms with Crippen LogP contribution in [0.15, 0.2) is 225 Å². The number of pyridine rings is 1. The van der Waals surface area contributed by atoms with E-state index in [2.05, 4.69) is 199 Å². The van der Waals surface area contributed by atoms with Crippen LogP contribution in [0.25, 0.3) is 10.8 Å². The molecule has 8 aromatic rings. The normalized spacial score (nSPS) is 10.0. The standard InChI is InChI=1S/2C18H15P.C9H7N.CH3.Cu/c2*1-4-10-16(11-5-1)19(17-12-6-2-7-13-17)18-14-8-3-9-15-18;1-2-4-9-7-10-6-5-8(9)3-1;;/h2*1-15H;1-7H;1H3;/q;;;-1;+1/p+2. The predicted octanol–water partition coefficient (Wildman–Crippen LogP) is 9.04. The molecular weight excluding hydrogens is 692 g/mol. The number of hydrogen-bond donors (Lipinski definition) is 0. The van der Waals surface area contributed by atoms with Crippen molar-refractivity contribution >= 4 is 58.4 Å². The molecule has 0 radical (unpaired) electrons. The van der Waals surface area contributed by atoms with Gasteiger partial charge in [-0.05, 0) is 89.6 Å². The van der Waals surface area contributed by atoms with Gasteiger partial charge in [-0.3, -0.25) is 4.98 Å². The van der Waals surface area contributed by atoms with Crippen molar-refractivity contribution in [1.29, 1.82) is 0 Å². The van der Waals surface area contributed by atoms with E-state index < -0.39 is 15.8 Å². The van der Waals surface area contributed by atoms with Crippen LogP contribution < -0.4 is 31.8 Å². The van der Waals surface area contributed by atoms with Gasteiger partial charge >= 0.3 is 17.1 Å². The molecular formula is C46H42CuNP2+2. The quantitative estimate of drug-likeness (QED) is 0.0945. The fraction of sp³-hybridized carbons (Fsp3) is 0. The summed E-state index contributed by atoms with van der Waals surface area (Å²) in [5.74, 6) is 0. The maximum Gasteiger partial charge on any atom is 1.00 e. The summed E-state index contributed by atoms with van der Waals surface area (Å²) in [6, 6.07) is 75.2. The Kier molecular flexibility index (Phi) is 15.8. The van der Waals surface area contributed by atoms with E-state index >= 15 is 0 Å². The van der Waals surface area contributed by atoms with E-state index in [0.717, 1.165) is 0 Å². The van der Waals surface area contributed by atoms with Gasteiger partial charge in [0.05, 0.1) is 15.8 Å². The van der Waals surface area contributed by atoms with E-state index in [1.807, 2.05) is 30.6 Å². The number of rotatable bonds is 6. The van der Waals surface area contributed by atoms with E-state index in [1.165, 1.54) is 42.6 Å². The number of benzene rings is 7. The van der Waals surface area contributed by atoms with Crippen molar-refractivity contribution in [3.63, 3.8) is 0 Å². The predicted molar refractivity (Wildman–Crippen MR) is 221 cm³/mol. The Bertz CT molecular complexity index is 1690. The number of hydrogen-bond acceptors (Lipinski definition) is 1. The molecule has 0 spiro atoms. The molecule has 1 heterocycles. The van der Waals surface area contributed by atoms with Crippen LogP contribution >= 0.6 is 15.8 Å². The first-order valence-electron chi connectivity index (χ1n) is 16.2. The topological polar surface area (TPSA) is 12.9 Å². The first kappa shape index (κ1) is 38.1. The van der Waals surface area contributed by atoms with Crippen LogP contribution in [0.5, 0.6) is 0 Å². The summed E-state index contributed by atoms with van der Waals surface area (Å²) in [4.78, 5) is 4.01. The zero-order valence-electron chi connectivity index (χ0n) is 28.1. The molecule has 0 aliphatic carbocycles. The van der Waals surface area contributed by atoms with Crippen molar-refractivity contribution in [3.8, 4) is 0 Å². The maximum absolute atomic E-state index is 4.01. The SMILES string of the molecule is [CH3-].[Cu+].c1ccc([PH+](c2ccccc2)c2ccccc2)cc1.c1ccc([PH+](c2ccccc2)c2ccccc2)cc1.c1ccc2cnccc2c1. The van der Waals surface area contributed by atoms with Crippen molar-refractivity contribution in [1.82, 2.24) is 4.98 Å². The van der Waals surface area contributed by atoms with Crippen LogP contribution in [0.2, 0.25) is 0 Å². The first-order chi connectivity index (χ1) is 23.9. The minimum Gasteiger partial charge on any atom is -0.358 e. The molecule has 0 saturated carbocycles. The molecule has 0 fully saturated rings. The Morgan fingerprint density at radius 3 is 0.780 bits per heavy atom. The van der Waals surface area contributed by atoms with Gasteiger partial charge in [-0.2, -0.15) is 0 Å². The van der Waals surface area contributed by atoms with E-state index in [0.29, 0.717) is 0 Å². The second-order valence-electron chi connectivity index (χ2n) is 11.2. The summed E-state index contributed by atoms with van der Waals surface area (Å²) in [6.07, 6.45) is 3.68. The molecule has 0 saturated heterocycles. The average molecular weight is 734 g/mol. The van der Waals surface area contributed by atoms with Crippen molar-refractivity contribution < 1.29 is 17.1 Å². The van der Waals surface area contributed by atoms with Gasteiger partial charge in [0.2, 0.25) is 0 Å². The molecule has 4 heteroatoms. The molecule has 1 nitrogen and oxygen atoms in total. The van der Waals surface area contributed by atoms with Crippen LogP contribution in [0.1, 0.15) is 0 Å². The second-order valence-corrected chi connectivity index (χ2v) is 16.1. The summed E-state index contributed by atoms with van der Waals surface area (Å²) >= 11 is 0. The average Bonchev–Trinajstić information content (AvgIpc) is 3.18. The van der Waals surface area contributed by atoms with Gasteiger partial charge in [0, 0.05) is 12.4 Å². The van der Waals surface area contributed by atoms with Gasteiger partial charge in [0.15, 0.2) is 0 Å². The van der Waals surface area contributed by atoms with Crippen molar-refractivity contribution in [2.75, 3.05) is 0 Å². The molecule has 8 rings (SSSR count). The van der Waals surface area contributed by atoms with E-state index in [-0.39, 0.29) is 24.5 Å². The van der Waals surface area contributed by atoms with E-state index in [9.17, 15) is 0 Å². The monoisotopic (exact) mass is 733 g/mol. The molecule has 7 aromatic carbocycles. The Morgan fingerprint density at radius 2 is 0.520 bits per heavy atom. The molecule has 0 amide bonds. The molecule has 0 N–H and O–H groups in total. The maximum atomic E-state index is 4.01. The summed E-state index contributed by atoms with van der Waals surface area (Å²) in [5.41, 5.74) is 0. The van der Waals surface area contributed by atoms with Crippen LogP contribution in [-0.2, 0) is 17.1 Å². The van der Waals surface area contributed by atoms with Crippen LogP contribution in [-0.4, -0.2) is 4.98 Å². The molecule has 1 aromatic heterocycles. The van der Waals surface area contributed by atoms with Gasteiger partial charge in [-0.1, -0.05) is 133 Å². The van der Waals surface area contributed by atoms with Gasteiger partial charge in [-0.25, -0.2) is 0 Å². The second kappa shape index (κ2) is 20.8. The van der Waals surface area contributed by atoms with Crippen molar-refractivity contribution in [2.24, 2.45) is 0 Å². The molecule has 250 valence electrons. The molecule has 0 bridgehead atoms. The van der Waals surface area contributed by atoms with E-state index in [1.54, 1.807) is 0 Å². The molecule has 0 unspecified atom stereocenters. The minimum atomic E-state index is -0.877. The number of aromatic nitrogens is 1. The largest absolute Gasteiger partial charge is 1.00 e. The van der Waals surface area contributed by atoms with Crippen LogP contribution in [0.3, 0.4) is 0 Å². The van der Waals surface area contributed by atoms with Gasteiger partial charge in [0.25, 0.3) is 0 Å². The fourth-order valence-electron chi connectivity index (χ4n) is 5.66. The summed E-state index contributed by atoms with van der Waals surface area (Å²) < 4.78 is 0. The van der Waals surface area contributed by atoms with Crippen LogP contribution in [0, 0.1) is 7.43 Å². The zero-order chi connectivity index (χ0) is 32.6. The Balaban J connectivity index is 0.000000173. The van der Waals surface area contributed by atoms with Gasteiger partial charge in [0.1, 0.15) is 31.8 Å². The fourth-order valence-corrected chi connectivity index (χ4v) is 10.8. The summed E-state index contributed by atoms with van der Waals surface area (Å²) in [6.45, 7) is 0. The molecule has 50 heavy (non-hydrogen) atoms. The van der Waals surface area contributed by atoms with Crippen molar-refractivity contribution in [3.05, 3.63) is 232 Å².